The van der Waals surface area contributed by atoms with E-state index in [1.165, 1.54) is 24.0 Å². The Labute approximate surface area is 149 Å². The summed E-state index contributed by atoms with van der Waals surface area (Å²) in [5.41, 5.74) is 3.09. The zero-order valence-electron chi connectivity index (χ0n) is 15.2. The topological polar surface area (TPSA) is 45.5 Å². The second-order valence-corrected chi connectivity index (χ2v) is 7.43. The maximum Gasteiger partial charge on any atom is 0.193 e. The lowest BCUT2D eigenvalue weighted by atomic mass is 9.96. The molecule has 2 fully saturated rings. The molecular weight excluding hydrogens is 310 g/mol. The van der Waals surface area contributed by atoms with E-state index in [1.54, 1.807) is 0 Å². The summed E-state index contributed by atoms with van der Waals surface area (Å²) in [7, 11) is 3.87. The Morgan fingerprint density at radius 2 is 2.12 bits per heavy atom. The van der Waals surface area contributed by atoms with Gasteiger partial charge in [0.25, 0.3) is 0 Å². The molecule has 1 atom stereocenters. The van der Waals surface area contributed by atoms with E-state index in [9.17, 15) is 0 Å². The van der Waals surface area contributed by atoms with E-state index in [1.807, 2.05) is 25.0 Å². The number of nitrogens with one attached hydrogen (secondary N) is 1. The van der Waals surface area contributed by atoms with Crippen molar-refractivity contribution in [3.05, 3.63) is 53.9 Å². The van der Waals surface area contributed by atoms with Crippen molar-refractivity contribution in [2.75, 3.05) is 26.7 Å². The smallest absolute Gasteiger partial charge is 0.193 e. The lowest BCUT2D eigenvalue weighted by molar-refractivity contribution is 0.478. The first-order valence-corrected chi connectivity index (χ1v) is 9.20. The maximum absolute atomic E-state index is 4.54. The second-order valence-electron chi connectivity index (χ2n) is 7.43. The van der Waals surface area contributed by atoms with Crippen LogP contribution >= 0.6 is 0 Å². The van der Waals surface area contributed by atoms with Crippen LogP contribution in [0.25, 0.3) is 0 Å². The molecule has 0 amide bonds. The Balaban J connectivity index is 1.37. The van der Waals surface area contributed by atoms with Gasteiger partial charge in [-0.05, 0) is 30.4 Å². The quantitative estimate of drug-likeness (QED) is 0.689. The summed E-state index contributed by atoms with van der Waals surface area (Å²) in [5.74, 6) is 1.59. The molecule has 5 nitrogen and oxygen atoms in total. The molecule has 2 aliphatic rings. The number of aryl methyl sites for hydroxylation is 1. The molecule has 4 rings (SSSR count). The fraction of sp³-hybridized carbons (Fsp3) is 0.500. The third-order valence-corrected chi connectivity index (χ3v) is 5.72. The number of aliphatic imine (C=N–C) groups is 1. The van der Waals surface area contributed by atoms with E-state index in [-0.39, 0.29) is 0 Å². The summed E-state index contributed by atoms with van der Waals surface area (Å²) >= 11 is 0. The van der Waals surface area contributed by atoms with Crippen LogP contribution in [0.1, 0.15) is 36.3 Å². The Hall–Kier alpha value is -2.30. The summed E-state index contributed by atoms with van der Waals surface area (Å²) < 4.78 is 1.89. The van der Waals surface area contributed by atoms with Gasteiger partial charge in [-0.1, -0.05) is 30.3 Å². The summed E-state index contributed by atoms with van der Waals surface area (Å²) in [4.78, 5) is 6.93. The highest BCUT2D eigenvalue weighted by Gasteiger charge is 2.44. The predicted molar refractivity (Wildman–Crippen MR) is 101 cm³/mol. The largest absolute Gasteiger partial charge is 0.355 e. The average Bonchev–Trinajstić information content (AvgIpc) is 3.05. The minimum Gasteiger partial charge on any atom is -0.355 e. The van der Waals surface area contributed by atoms with E-state index in [2.05, 4.69) is 56.8 Å². The molecule has 1 aliphatic heterocycles. The van der Waals surface area contributed by atoms with Gasteiger partial charge in [0, 0.05) is 51.3 Å². The van der Waals surface area contributed by atoms with Crippen LogP contribution in [0.5, 0.6) is 0 Å². The molecule has 5 heteroatoms. The molecule has 132 valence electrons. The number of likely N-dealkylation sites (tertiary alicyclic amines) is 1. The van der Waals surface area contributed by atoms with Gasteiger partial charge >= 0.3 is 0 Å². The highest BCUT2D eigenvalue weighted by atomic mass is 15.3. The number of guanidine groups is 1. The molecule has 1 N–H and O–H groups in total. The standard InChI is InChI=1S/C20H27N5/c1-21-19(22-15-20(9-10-20)18-6-4-3-5-7-18)25-11-8-16(14-25)17-12-23-24(2)13-17/h3-7,12-13,16H,8-11,14-15H2,1-2H3,(H,21,22). The molecular formula is C20H27N5. The summed E-state index contributed by atoms with van der Waals surface area (Å²) in [6, 6.07) is 10.9. The predicted octanol–water partition coefficient (Wildman–Crippen LogP) is 2.52. The van der Waals surface area contributed by atoms with Crippen LogP contribution in [0.3, 0.4) is 0 Å². The van der Waals surface area contributed by atoms with Crippen LogP contribution < -0.4 is 5.32 Å². The molecule has 0 spiro atoms. The zero-order valence-corrected chi connectivity index (χ0v) is 15.2. The molecule has 1 saturated heterocycles. The van der Waals surface area contributed by atoms with E-state index < -0.39 is 0 Å². The molecule has 1 aliphatic carbocycles. The summed E-state index contributed by atoms with van der Waals surface area (Å²) in [6.45, 7) is 3.04. The Kier molecular flexibility index (Phi) is 4.24. The molecule has 1 aromatic carbocycles. The van der Waals surface area contributed by atoms with Crippen LogP contribution in [-0.2, 0) is 12.5 Å². The van der Waals surface area contributed by atoms with Gasteiger partial charge in [-0.25, -0.2) is 0 Å². The van der Waals surface area contributed by atoms with Crippen molar-refractivity contribution in [1.29, 1.82) is 0 Å². The number of benzene rings is 1. The lowest BCUT2D eigenvalue weighted by Crippen LogP contribution is -2.43. The highest BCUT2D eigenvalue weighted by molar-refractivity contribution is 5.80. The van der Waals surface area contributed by atoms with Crippen molar-refractivity contribution in [3.8, 4) is 0 Å². The van der Waals surface area contributed by atoms with Gasteiger partial charge in [0.1, 0.15) is 0 Å². The summed E-state index contributed by atoms with van der Waals surface area (Å²) in [6.07, 6.45) is 7.83. The van der Waals surface area contributed by atoms with Crippen molar-refractivity contribution < 1.29 is 0 Å². The maximum atomic E-state index is 4.54. The number of hydrogen-bond acceptors (Lipinski definition) is 2. The van der Waals surface area contributed by atoms with E-state index in [0.29, 0.717) is 11.3 Å². The molecule has 1 unspecified atom stereocenters. The zero-order chi connectivity index (χ0) is 17.3. The molecule has 2 heterocycles. The van der Waals surface area contributed by atoms with Crippen molar-refractivity contribution in [1.82, 2.24) is 20.0 Å². The van der Waals surface area contributed by atoms with Gasteiger partial charge in [-0.15, -0.1) is 0 Å². The van der Waals surface area contributed by atoms with Gasteiger partial charge in [0.05, 0.1) is 6.20 Å². The van der Waals surface area contributed by atoms with Crippen LogP contribution in [0.4, 0.5) is 0 Å². The minimum absolute atomic E-state index is 0.305. The first-order chi connectivity index (χ1) is 12.2. The molecule has 1 aromatic heterocycles. The van der Waals surface area contributed by atoms with Crippen molar-refractivity contribution in [2.45, 2.75) is 30.6 Å². The van der Waals surface area contributed by atoms with E-state index >= 15 is 0 Å². The molecule has 1 saturated carbocycles. The first-order valence-electron chi connectivity index (χ1n) is 9.20. The third kappa shape index (κ3) is 3.28. The SMILES string of the molecule is CN=C(NCC1(c2ccccc2)CC1)N1CCC(c2cnn(C)c2)C1. The van der Waals surface area contributed by atoms with E-state index in [4.69, 9.17) is 0 Å². The lowest BCUT2D eigenvalue weighted by Gasteiger charge is -2.24. The average molecular weight is 337 g/mol. The normalized spacial score (nSPS) is 22.2. The van der Waals surface area contributed by atoms with Crippen LogP contribution in [0, 0.1) is 0 Å². The monoisotopic (exact) mass is 337 g/mol. The number of aromatic nitrogens is 2. The van der Waals surface area contributed by atoms with Crippen LogP contribution in [0.2, 0.25) is 0 Å². The highest BCUT2D eigenvalue weighted by Crippen LogP contribution is 2.47. The molecule has 0 radical (unpaired) electrons. The molecule has 2 aromatic rings. The van der Waals surface area contributed by atoms with Gasteiger partial charge in [0.2, 0.25) is 0 Å². The fourth-order valence-corrected chi connectivity index (χ4v) is 3.97. The Morgan fingerprint density at radius 3 is 2.76 bits per heavy atom. The third-order valence-electron chi connectivity index (χ3n) is 5.72. The van der Waals surface area contributed by atoms with Crippen molar-refractivity contribution in [2.24, 2.45) is 12.0 Å². The Morgan fingerprint density at radius 1 is 1.32 bits per heavy atom. The van der Waals surface area contributed by atoms with Gasteiger partial charge in [0.15, 0.2) is 5.96 Å². The first kappa shape index (κ1) is 16.2. The molecule has 0 bridgehead atoms. The number of hydrogen-bond donors (Lipinski definition) is 1. The fourth-order valence-electron chi connectivity index (χ4n) is 3.97. The second kappa shape index (κ2) is 6.54. The van der Waals surface area contributed by atoms with Gasteiger partial charge in [-0.2, -0.15) is 5.10 Å². The van der Waals surface area contributed by atoms with Gasteiger partial charge in [-0.3, -0.25) is 9.67 Å². The molecule has 25 heavy (non-hydrogen) atoms. The van der Waals surface area contributed by atoms with Crippen molar-refractivity contribution >= 4 is 5.96 Å². The van der Waals surface area contributed by atoms with Crippen LogP contribution in [0.15, 0.2) is 47.7 Å². The van der Waals surface area contributed by atoms with E-state index in [0.717, 1.165) is 32.0 Å². The summed E-state index contributed by atoms with van der Waals surface area (Å²) in [5, 5.41) is 7.96. The minimum atomic E-state index is 0.305. The van der Waals surface area contributed by atoms with Crippen LogP contribution in [-0.4, -0.2) is 47.3 Å². The number of nitrogens with zero attached hydrogens (tertiary/aromatic N) is 4. The Bertz CT molecular complexity index is 744. The number of rotatable bonds is 4. The van der Waals surface area contributed by atoms with Gasteiger partial charge < -0.3 is 10.2 Å². The van der Waals surface area contributed by atoms with Crippen molar-refractivity contribution in [3.63, 3.8) is 0 Å².